The number of hydrogen-bond donors (Lipinski definition) is 1. The van der Waals surface area contributed by atoms with Gasteiger partial charge in [0.2, 0.25) is 5.91 Å². The van der Waals surface area contributed by atoms with Gasteiger partial charge >= 0.3 is 0 Å². The van der Waals surface area contributed by atoms with Crippen molar-refractivity contribution in [1.29, 1.82) is 0 Å². The third kappa shape index (κ3) is 4.76. The van der Waals surface area contributed by atoms with Gasteiger partial charge in [0.25, 0.3) is 5.91 Å². The van der Waals surface area contributed by atoms with Crippen molar-refractivity contribution in [1.82, 2.24) is 5.32 Å². The molecule has 1 rings (SSSR count). The molecule has 0 atom stereocenters. The third-order valence-corrected chi connectivity index (χ3v) is 2.35. The minimum atomic E-state index is -0.550. The van der Waals surface area contributed by atoms with Crippen molar-refractivity contribution in [2.45, 2.75) is 32.6 Å². The van der Waals surface area contributed by atoms with Crippen LogP contribution in [0.15, 0.2) is 24.3 Å². The van der Waals surface area contributed by atoms with Crippen LogP contribution in [0.25, 0.3) is 0 Å². The molecule has 17 heavy (non-hydrogen) atoms. The number of carbonyl (C=O) groups excluding carboxylic acids is 2. The van der Waals surface area contributed by atoms with Crippen molar-refractivity contribution in [3.8, 4) is 0 Å². The highest BCUT2D eigenvalue weighted by Crippen LogP contribution is 2.04. The maximum Gasteiger partial charge on any atom is 0.257 e. The SMILES string of the molecule is CCCCCC(=O)NC(=O)c1cccc(F)c1. The molecule has 4 heteroatoms. The van der Waals surface area contributed by atoms with Crippen LogP contribution >= 0.6 is 0 Å². The maximum atomic E-state index is 12.8. The van der Waals surface area contributed by atoms with Gasteiger partial charge in [-0.05, 0) is 24.6 Å². The van der Waals surface area contributed by atoms with Crippen LogP contribution in [0.5, 0.6) is 0 Å². The minimum Gasteiger partial charge on any atom is -0.292 e. The van der Waals surface area contributed by atoms with Crippen LogP contribution in [0.1, 0.15) is 43.0 Å². The second-order valence-electron chi connectivity index (χ2n) is 3.84. The van der Waals surface area contributed by atoms with Crippen LogP contribution in [-0.4, -0.2) is 11.8 Å². The van der Waals surface area contributed by atoms with E-state index >= 15 is 0 Å². The van der Waals surface area contributed by atoms with Gasteiger partial charge in [-0.25, -0.2) is 4.39 Å². The highest BCUT2D eigenvalue weighted by Gasteiger charge is 2.10. The van der Waals surface area contributed by atoms with Gasteiger partial charge in [-0.1, -0.05) is 25.8 Å². The molecule has 0 spiro atoms. The van der Waals surface area contributed by atoms with Crippen LogP contribution in [0.3, 0.4) is 0 Å². The fourth-order valence-corrected chi connectivity index (χ4v) is 1.43. The average Bonchev–Trinajstić information content (AvgIpc) is 2.29. The number of rotatable bonds is 5. The lowest BCUT2D eigenvalue weighted by atomic mass is 10.2. The molecule has 0 saturated carbocycles. The summed E-state index contributed by atoms with van der Waals surface area (Å²) in [6.45, 7) is 2.04. The van der Waals surface area contributed by atoms with E-state index < -0.39 is 11.7 Å². The molecule has 0 aliphatic carbocycles. The van der Waals surface area contributed by atoms with Crippen molar-refractivity contribution in [2.24, 2.45) is 0 Å². The average molecular weight is 237 g/mol. The van der Waals surface area contributed by atoms with Gasteiger partial charge in [0.15, 0.2) is 0 Å². The highest BCUT2D eigenvalue weighted by molar-refractivity contribution is 6.04. The molecule has 0 aromatic heterocycles. The van der Waals surface area contributed by atoms with Gasteiger partial charge in [-0.3, -0.25) is 14.9 Å². The standard InChI is InChI=1S/C13H16FNO2/c1-2-3-4-8-12(16)15-13(17)10-6-5-7-11(14)9-10/h5-7,9H,2-4,8H2,1H3,(H,15,16,17). The normalized spacial score (nSPS) is 10.0. The van der Waals surface area contributed by atoms with Crippen molar-refractivity contribution in [3.05, 3.63) is 35.6 Å². The van der Waals surface area contributed by atoms with Gasteiger partial charge in [0.1, 0.15) is 5.82 Å². The zero-order valence-corrected chi connectivity index (χ0v) is 9.83. The zero-order chi connectivity index (χ0) is 12.7. The number of unbranched alkanes of at least 4 members (excludes halogenated alkanes) is 2. The Morgan fingerprint density at radius 1 is 1.29 bits per heavy atom. The number of amides is 2. The van der Waals surface area contributed by atoms with Crippen molar-refractivity contribution >= 4 is 11.8 Å². The Bertz CT molecular complexity index is 404. The number of carbonyl (C=O) groups is 2. The zero-order valence-electron chi connectivity index (χ0n) is 9.83. The van der Waals surface area contributed by atoms with Crippen molar-refractivity contribution in [2.75, 3.05) is 0 Å². The van der Waals surface area contributed by atoms with Gasteiger partial charge in [-0.2, -0.15) is 0 Å². The summed E-state index contributed by atoms with van der Waals surface area (Å²) < 4.78 is 12.8. The summed E-state index contributed by atoms with van der Waals surface area (Å²) in [5.74, 6) is -1.35. The second-order valence-corrected chi connectivity index (χ2v) is 3.84. The Kier molecular flexibility index (Phi) is 5.33. The minimum absolute atomic E-state index is 0.161. The van der Waals surface area contributed by atoms with E-state index in [1.54, 1.807) is 0 Å². The van der Waals surface area contributed by atoms with Gasteiger partial charge in [0.05, 0.1) is 0 Å². The first kappa shape index (κ1) is 13.4. The number of nitrogens with one attached hydrogen (secondary N) is 1. The number of hydrogen-bond acceptors (Lipinski definition) is 2. The first-order chi connectivity index (χ1) is 8.13. The van der Waals surface area contributed by atoms with Crippen molar-refractivity contribution < 1.29 is 14.0 Å². The number of imide groups is 1. The Labute approximate surface area is 100 Å². The largest absolute Gasteiger partial charge is 0.292 e. The van der Waals surface area contributed by atoms with Gasteiger partial charge in [0, 0.05) is 12.0 Å². The second kappa shape index (κ2) is 6.78. The molecule has 0 fully saturated rings. The predicted octanol–water partition coefficient (Wildman–Crippen LogP) is 2.66. The molecule has 0 aliphatic heterocycles. The molecule has 0 bridgehead atoms. The quantitative estimate of drug-likeness (QED) is 0.800. The number of halogens is 1. The van der Waals surface area contributed by atoms with E-state index in [9.17, 15) is 14.0 Å². The fourth-order valence-electron chi connectivity index (χ4n) is 1.43. The van der Waals surface area contributed by atoms with Crippen LogP contribution in [0.2, 0.25) is 0 Å². The van der Waals surface area contributed by atoms with E-state index in [1.807, 2.05) is 6.92 Å². The summed E-state index contributed by atoms with van der Waals surface area (Å²) >= 11 is 0. The topological polar surface area (TPSA) is 46.2 Å². The van der Waals surface area contributed by atoms with Gasteiger partial charge in [-0.15, -0.1) is 0 Å². The Hall–Kier alpha value is -1.71. The summed E-state index contributed by atoms with van der Waals surface area (Å²) in [6, 6.07) is 5.26. The molecule has 1 aromatic rings. The van der Waals surface area contributed by atoms with Gasteiger partial charge < -0.3 is 0 Å². The molecule has 1 aromatic carbocycles. The highest BCUT2D eigenvalue weighted by atomic mass is 19.1. The van der Waals surface area contributed by atoms with E-state index in [-0.39, 0.29) is 11.5 Å². The van der Waals surface area contributed by atoms with E-state index in [1.165, 1.54) is 18.2 Å². The molecule has 0 heterocycles. The lowest BCUT2D eigenvalue weighted by Gasteiger charge is -2.03. The molecule has 0 saturated heterocycles. The first-order valence-electron chi connectivity index (χ1n) is 5.73. The van der Waals surface area contributed by atoms with Crippen molar-refractivity contribution in [3.63, 3.8) is 0 Å². The molecule has 0 unspecified atom stereocenters. The molecular formula is C13H16FNO2. The predicted molar refractivity (Wildman–Crippen MR) is 63.0 cm³/mol. The molecule has 3 nitrogen and oxygen atoms in total. The molecular weight excluding hydrogens is 221 g/mol. The first-order valence-corrected chi connectivity index (χ1v) is 5.73. The van der Waals surface area contributed by atoms with Crippen LogP contribution in [0, 0.1) is 5.82 Å². The molecule has 2 amide bonds. The Morgan fingerprint density at radius 2 is 2.06 bits per heavy atom. The monoisotopic (exact) mass is 237 g/mol. The summed E-state index contributed by atoms with van der Waals surface area (Å²) in [6.07, 6.45) is 3.07. The smallest absolute Gasteiger partial charge is 0.257 e. The lowest BCUT2D eigenvalue weighted by molar-refractivity contribution is -0.120. The van der Waals surface area contributed by atoms with E-state index in [4.69, 9.17) is 0 Å². The molecule has 0 radical (unpaired) electrons. The molecule has 0 aliphatic rings. The number of benzene rings is 1. The summed E-state index contributed by atoms with van der Waals surface area (Å²) in [5, 5.41) is 2.24. The van der Waals surface area contributed by atoms with Crippen LogP contribution in [0.4, 0.5) is 4.39 Å². The fraction of sp³-hybridized carbons (Fsp3) is 0.385. The summed E-state index contributed by atoms with van der Waals surface area (Å²) in [7, 11) is 0. The van der Waals surface area contributed by atoms with Crippen LogP contribution in [-0.2, 0) is 4.79 Å². The Morgan fingerprint density at radius 3 is 2.71 bits per heavy atom. The molecule has 92 valence electrons. The third-order valence-electron chi connectivity index (χ3n) is 2.35. The molecule has 1 N–H and O–H groups in total. The van der Waals surface area contributed by atoms with E-state index in [2.05, 4.69) is 5.32 Å². The Balaban J connectivity index is 2.46. The van der Waals surface area contributed by atoms with Crippen LogP contribution < -0.4 is 5.32 Å². The van der Waals surface area contributed by atoms with E-state index in [0.29, 0.717) is 6.42 Å². The lowest BCUT2D eigenvalue weighted by Crippen LogP contribution is -2.30. The maximum absolute atomic E-state index is 12.8. The van der Waals surface area contributed by atoms with E-state index in [0.717, 1.165) is 25.3 Å². The summed E-state index contributed by atoms with van der Waals surface area (Å²) in [4.78, 5) is 22.9. The summed E-state index contributed by atoms with van der Waals surface area (Å²) in [5.41, 5.74) is 0.161.